The molecule has 0 saturated heterocycles. The first-order valence-electron chi connectivity index (χ1n) is 5.03. The third-order valence-corrected chi connectivity index (χ3v) is 1.94. The standard InChI is InChI=1S/C11H13N3O3/c1-2-13-10(16)11(17)14-9(15)7-3-5-8(12)6-4-7/h3-6H,2,12H2,1H3,(H,13,16)(H,14,15,17). The van der Waals surface area contributed by atoms with Crippen molar-refractivity contribution in [2.45, 2.75) is 6.92 Å². The van der Waals surface area contributed by atoms with Gasteiger partial charge in [-0.3, -0.25) is 19.7 Å². The van der Waals surface area contributed by atoms with Crippen molar-refractivity contribution < 1.29 is 14.4 Å². The lowest BCUT2D eigenvalue weighted by Gasteiger charge is -2.04. The molecule has 3 amide bonds. The molecule has 1 rings (SSSR count). The van der Waals surface area contributed by atoms with Gasteiger partial charge in [0.1, 0.15) is 0 Å². The fourth-order valence-corrected chi connectivity index (χ4v) is 1.11. The van der Waals surface area contributed by atoms with Crippen molar-refractivity contribution in [3.63, 3.8) is 0 Å². The van der Waals surface area contributed by atoms with Crippen molar-refractivity contribution in [3.8, 4) is 0 Å². The second kappa shape index (κ2) is 5.64. The van der Waals surface area contributed by atoms with Crippen LogP contribution in [0.2, 0.25) is 0 Å². The molecule has 0 atom stereocenters. The molecule has 6 heteroatoms. The molecule has 90 valence electrons. The van der Waals surface area contributed by atoms with E-state index >= 15 is 0 Å². The summed E-state index contributed by atoms with van der Waals surface area (Å²) in [7, 11) is 0. The number of nitrogens with one attached hydrogen (secondary N) is 2. The van der Waals surface area contributed by atoms with Gasteiger partial charge in [-0.2, -0.15) is 0 Å². The van der Waals surface area contributed by atoms with Gasteiger partial charge in [-0.15, -0.1) is 0 Å². The molecule has 0 unspecified atom stereocenters. The van der Waals surface area contributed by atoms with Crippen molar-refractivity contribution in [1.29, 1.82) is 0 Å². The van der Waals surface area contributed by atoms with Crippen LogP contribution >= 0.6 is 0 Å². The van der Waals surface area contributed by atoms with E-state index in [1.54, 1.807) is 6.92 Å². The molecule has 0 heterocycles. The Bertz CT molecular complexity index is 440. The van der Waals surface area contributed by atoms with Gasteiger partial charge >= 0.3 is 11.8 Å². The molecule has 0 aliphatic rings. The lowest BCUT2D eigenvalue weighted by Crippen LogP contribution is -2.42. The maximum atomic E-state index is 11.5. The average molecular weight is 235 g/mol. The van der Waals surface area contributed by atoms with Crippen LogP contribution in [0, 0.1) is 0 Å². The monoisotopic (exact) mass is 235 g/mol. The van der Waals surface area contributed by atoms with Crippen molar-refractivity contribution in [2.75, 3.05) is 12.3 Å². The summed E-state index contributed by atoms with van der Waals surface area (Å²) in [5, 5.41) is 4.26. The Morgan fingerprint density at radius 3 is 2.24 bits per heavy atom. The lowest BCUT2D eigenvalue weighted by molar-refractivity contribution is -0.138. The van der Waals surface area contributed by atoms with Crippen LogP contribution in [-0.4, -0.2) is 24.3 Å². The number of imide groups is 1. The number of likely N-dealkylation sites (N-methyl/N-ethyl adjacent to an activating group) is 1. The van der Waals surface area contributed by atoms with Gasteiger partial charge in [0.05, 0.1) is 0 Å². The number of anilines is 1. The summed E-state index contributed by atoms with van der Waals surface area (Å²) in [6.07, 6.45) is 0. The number of nitrogens with two attached hydrogens (primary N) is 1. The summed E-state index contributed by atoms with van der Waals surface area (Å²) in [4.78, 5) is 33.8. The summed E-state index contributed by atoms with van der Waals surface area (Å²) in [5.74, 6) is -2.45. The number of carbonyl (C=O) groups excluding carboxylic acids is 3. The van der Waals surface area contributed by atoms with Gasteiger partial charge in [-0.1, -0.05) is 0 Å². The molecule has 0 radical (unpaired) electrons. The molecule has 0 saturated carbocycles. The molecule has 0 aliphatic heterocycles. The minimum absolute atomic E-state index is 0.261. The number of nitrogen functional groups attached to an aromatic ring is 1. The van der Waals surface area contributed by atoms with Crippen LogP contribution in [0.15, 0.2) is 24.3 Å². The van der Waals surface area contributed by atoms with Gasteiger partial charge in [-0.05, 0) is 31.2 Å². The topological polar surface area (TPSA) is 101 Å². The predicted octanol–water partition coefficient (Wildman–Crippen LogP) is -0.339. The van der Waals surface area contributed by atoms with Crippen molar-refractivity contribution in [3.05, 3.63) is 29.8 Å². The molecule has 0 spiro atoms. The van der Waals surface area contributed by atoms with E-state index in [9.17, 15) is 14.4 Å². The zero-order valence-electron chi connectivity index (χ0n) is 9.32. The predicted molar refractivity (Wildman–Crippen MR) is 62.0 cm³/mol. The normalized spacial score (nSPS) is 9.47. The van der Waals surface area contributed by atoms with Crippen LogP contribution in [0.3, 0.4) is 0 Å². The Balaban J connectivity index is 2.63. The van der Waals surface area contributed by atoms with E-state index in [1.165, 1.54) is 24.3 Å². The van der Waals surface area contributed by atoms with Gasteiger partial charge < -0.3 is 11.1 Å². The number of hydrogen-bond donors (Lipinski definition) is 3. The van der Waals surface area contributed by atoms with Gasteiger partial charge in [0.15, 0.2) is 0 Å². The van der Waals surface area contributed by atoms with Gasteiger partial charge in [0, 0.05) is 17.8 Å². The van der Waals surface area contributed by atoms with E-state index in [-0.39, 0.29) is 5.56 Å². The lowest BCUT2D eigenvalue weighted by atomic mass is 10.2. The van der Waals surface area contributed by atoms with Crippen LogP contribution in [0.4, 0.5) is 5.69 Å². The highest BCUT2D eigenvalue weighted by Crippen LogP contribution is 2.04. The maximum Gasteiger partial charge on any atom is 0.316 e. The third-order valence-electron chi connectivity index (χ3n) is 1.94. The minimum atomic E-state index is -0.978. The van der Waals surface area contributed by atoms with E-state index in [1.807, 2.05) is 5.32 Å². The zero-order chi connectivity index (χ0) is 12.8. The Kier molecular flexibility index (Phi) is 4.21. The van der Waals surface area contributed by atoms with E-state index < -0.39 is 17.7 Å². The summed E-state index contributed by atoms with van der Waals surface area (Å²) < 4.78 is 0. The van der Waals surface area contributed by atoms with Gasteiger partial charge in [0.2, 0.25) is 0 Å². The Labute approximate surface area is 98.2 Å². The second-order valence-electron chi connectivity index (χ2n) is 3.26. The van der Waals surface area contributed by atoms with Crippen molar-refractivity contribution in [1.82, 2.24) is 10.6 Å². The molecular weight excluding hydrogens is 222 g/mol. The number of carbonyl (C=O) groups is 3. The van der Waals surface area contributed by atoms with E-state index in [4.69, 9.17) is 5.73 Å². The first-order chi connectivity index (χ1) is 8.04. The molecule has 0 fully saturated rings. The molecule has 17 heavy (non-hydrogen) atoms. The van der Waals surface area contributed by atoms with Crippen LogP contribution in [0.1, 0.15) is 17.3 Å². The van der Waals surface area contributed by atoms with E-state index in [0.29, 0.717) is 12.2 Å². The van der Waals surface area contributed by atoms with Crippen molar-refractivity contribution in [2.24, 2.45) is 0 Å². The van der Waals surface area contributed by atoms with Crippen molar-refractivity contribution >= 4 is 23.4 Å². The number of amides is 3. The minimum Gasteiger partial charge on any atom is -0.399 e. The van der Waals surface area contributed by atoms with E-state index in [2.05, 4.69) is 5.32 Å². The Hall–Kier alpha value is -2.37. The number of hydrogen-bond acceptors (Lipinski definition) is 4. The van der Waals surface area contributed by atoms with E-state index in [0.717, 1.165) is 0 Å². The molecule has 1 aromatic carbocycles. The Morgan fingerprint density at radius 1 is 1.12 bits per heavy atom. The molecule has 6 nitrogen and oxygen atoms in total. The average Bonchev–Trinajstić information content (AvgIpc) is 2.30. The van der Waals surface area contributed by atoms with Crippen LogP contribution < -0.4 is 16.4 Å². The van der Waals surface area contributed by atoms with Gasteiger partial charge in [0.25, 0.3) is 5.91 Å². The fraction of sp³-hybridized carbons (Fsp3) is 0.182. The summed E-state index contributed by atoms with van der Waals surface area (Å²) in [6, 6.07) is 6.00. The molecule has 0 aromatic heterocycles. The summed E-state index contributed by atoms with van der Waals surface area (Å²) in [6.45, 7) is 2.00. The molecular formula is C11H13N3O3. The van der Waals surface area contributed by atoms with Gasteiger partial charge in [-0.25, -0.2) is 0 Å². The van der Waals surface area contributed by atoms with Crippen LogP contribution in [0.5, 0.6) is 0 Å². The molecule has 1 aromatic rings. The largest absolute Gasteiger partial charge is 0.399 e. The molecule has 0 bridgehead atoms. The SMILES string of the molecule is CCNC(=O)C(=O)NC(=O)c1ccc(N)cc1. The first-order valence-corrected chi connectivity index (χ1v) is 5.03. The second-order valence-corrected chi connectivity index (χ2v) is 3.26. The highest BCUT2D eigenvalue weighted by atomic mass is 16.2. The Morgan fingerprint density at radius 2 is 1.71 bits per heavy atom. The fourth-order valence-electron chi connectivity index (χ4n) is 1.11. The highest BCUT2D eigenvalue weighted by Gasteiger charge is 2.16. The summed E-state index contributed by atoms with van der Waals surface area (Å²) in [5.41, 5.74) is 6.22. The maximum absolute atomic E-state index is 11.5. The van der Waals surface area contributed by atoms with Crippen LogP contribution in [0.25, 0.3) is 0 Å². The third kappa shape index (κ3) is 3.60. The van der Waals surface area contributed by atoms with Crippen LogP contribution in [-0.2, 0) is 9.59 Å². The molecule has 4 N–H and O–H groups in total. The number of rotatable bonds is 2. The smallest absolute Gasteiger partial charge is 0.316 e. The summed E-state index contributed by atoms with van der Waals surface area (Å²) >= 11 is 0. The first kappa shape index (κ1) is 12.7. The quantitative estimate of drug-likeness (QED) is 0.482. The molecule has 0 aliphatic carbocycles. The zero-order valence-corrected chi connectivity index (χ0v) is 9.32. The highest BCUT2D eigenvalue weighted by molar-refractivity contribution is 6.38. The number of benzene rings is 1.